The molecule has 0 amide bonds. The number of aryl methyl sites for hydroxylation is 2. The number of benzene rings is 1. The molecule has 98 valence electrons. The lowest BCUT2D eigenvalue weighted by Crippen LogP contribution is -2.29. The van der Waals surface area contributed by atoms with Gasteiger partial charge >= 0.3 is 0 Å². The summed E-state index contributed by atoms with van der Waals surface area (Å²) in [6, 6.07) is 6.54. The van der Waals surface area contributed by atoms with Crippen molar-refractivity contribution in [1.29, 1.82) is 0 Å². The highest BCUT2D eigenvalue weighted by molar-refractivity contribution is 8.14. The number of anilines is 1. The van der Waals surface area contributed by atoms with Gasteiger partial charge in [0.15, 0.2) is 5.17 Å². The highest BCUT2D eigenvalue weighted by Crippen LogP contribution is 2.30. The van der Waals surface area contributed by atoms with Crippen LogP contribution in [0.1, 0.15) is 37.8 Å². The molecule has 0 bridgehead atoms. The fraction of sp³-hybridized carbons (Fsp3) is 0.533. The summed E-state index contributed by atoms with van der Waals surface area (Å²) in [5.41, 5.74) is 3.85. The van der Waals surface area contributed by atoms with Crippen LogP contribution in [-0.4, -0.2) is 16.5 Å². The first-order valence-corrected chi connectivity index (χ1v) is 7.57. The summed E-state index contributed by atoms with van der Waals surface area (Å²) in [6.45, 7) is 8.72. The number of hydrogen-bond acceptors (Lipinski definition) is 3. The van der Waals surface area contributed by atoms with E-state index in [1.807, 2.05) is 11.8 Å². The number of aliphatic imine (C=N–C) groups is 1. The maximum atomic E-state index is 4.86. The van der Waals surface area contributed by atoms with E-state index in [1.54, 1.807) is 0 Å². The molecule has 0 saturated carbocycles. The van der Waals surface area contributed by atoms with E-state index in [4.69, 9.17) is 4.99 Å². The first kappa shape index (κ1) is 13.5. The highest BCUT2D eigenvalue weighted by Gasteiger charge is 2.25. The van der Waals surface area contributed by atoms with Crippen molar-refractivity contribution in [3.8, 4) is 0 Å². The third-order valence-electron chi connectivity index (χ3n) is 3.49. The number of nitrogens with one attached hydrogen (secondary N) is 1. The van der Waals surface area contributed by atoms with Crippen LogP contribution < -0.4 is 5.32 Å². The third-order valence-corrected chi connectivity index (χ3v) is 4.36. The van der Waals surface area contributed by atoms with Gasteiger partial charge in [-0.3, -0.25) is 4.99 Å². The van der Waals surface area contributed by atoms with Crippen molar-refractivity contribution in [2.45, 2.75) is 46.1 Å². The maximum Gasteiger partial charge on any atom is 0.161 e. The van der Waals surface area contributed by atoms with Crippen LogP contribution in [0.2, 0.25) is 0 Å². The molecule has 1 aliphatic rings. The van der Waals surface area contributed by atoms with Gasteiger partial charge in [-0.1, -0.05) is 24.8 Å². The number of rotatable bonds is 2. The van der Waals surface area contributed by atoms with Crippen molar-refractivity contribution in [1.82, 2.24) is 0 Å². The summed E-state index contributed by atoms with van der Waals surface area (Å²) in [7, 11) is 0. The summed E-state index contributed by atoms with van der Waals surface area (Å²) < 4.78 is 0. The molecule has 1 aromatic carbocycles. The summed E-state index contributed by atoms with van der Waals surface area (Å²) in [6.07, 6.45) is 2.28. The third kappa shape index (κ3) is 3.29. The summed E-state index contributed by atoms with van der Waals surface area (Å²) >= 11 is 1.83. The highest BCUT2D eigenvalue weighted by atomic mass is 32.2. The Hall–Kier alpha value is -0.960. The summed E-state index contributed by atoms with van der Waals surface area (Å²) in [5, 5.41) is 4.53. The zero-order valence-corrected chi connectivity index (χ0v) is 12.5. The molecule has 3 heteroatoms. The van der Waals surface area contributed by atoms with E-state index in [0.29, 0.717) is 0 Å². The smallest absolute Gasteiger partial charge is 0.161 e. The number of nitrogens with zero attached hydrogens (tertiary/aromatic N) is 1. The molecule has 0 aliphatic carbocycles. The van der Waals surface area contributed by atoms with E-state index in [2.05, 4.69) is 51.2 Å². The molecule has 18 heavy (non-hydrogen) atoms. The van der Waals surface area contributed by atoms with E-state index in [-0.39, 0.29) is 5.54 Å². The molecule has 1 unspecified atom stereocenters. The number of hydrogen-bond donors (Lipinski definition) is 1. The minimum atomic E-state index is 0.118. The van der Waals surface area contributed by atoms with Gasteiger partial charge in [0, 0.05) is 11.4 Å². The molecule has 2 nitrogen and oxygen atoms in total. The predicted molar refractivity (Wildman–Crippen MR) is 82.7 cm³/mol. The molecule has 2 rings (SSSR count). The second-order valence-corrected chi connectivity index (χ2v) is 6.45. The molecule has 1 atom stereocenters. The number of thioether (sulfide) groups is 1. The summed E-state index contributed by atoms with van der Waals surface area (Å²) in [4.78, 5) is 4.86. The quantitative estimate of drug-likeness (QED) is 0.855. The zero-order valence-electron chi connectivity index (χ0n) is 11.7. The molecule has 0 radical (unpaired) electrons. The lowest BCUT2D eigenvalue weighted by atomic mass is 9.97. The predicted octanol–water partition coefficient (Wildman–Crippen LogP) is 4.38. The Bertz CT molecular complexity index is 447. The maximum absolute atomic E-state index is 4.86. The second kappa shape index (κ2) is 5.35. The van der Waals surface area contributed by atoms with Gasteiger partial charge in [0.1, 0.15) is 0 Å². The van der Waals surface area contributed by atoms with Crippen LogP contribution >= 0.6 is 11.8 Å². The van der Waals surface area contributed by atoms with Gasteiger partial charge < -0.3 is 5.32 Å². The normalized spacial score (nSPS) is 23.7. The van der Waals surface area contributed by atoms with Gasteiger partial charge in [0.2, 0.25) is 0 Å². The van der Waals surface area contributed by atoms with Gasteiger partial charge in [-0.2, -0.15) is 0 Å². The van der Waals surface area contributed by atoms with Crippen molar-refractivity contribution in [2.75, 3.05) is 11.1 Å². The Morgan fingerprint density at radius 2 is 1.94 bits per heavy atom. The van der Waals surface area contributed by atoms with E-state index in [0.717, 1.165) is 23.0 Å². The average molecular weight is 262 g/mol. The molecular weight excluding hydrogens is 240 g/mol. The fourth-order valence-electron chi connectivity index (χ4n) is 2.19. The van der Waals surface area contributed by atoms with Crippen molar-refractivity contribution in [2.24, 2.45) is 4.99 Å². The Labute approximate surface area is 114 Å². The van der Waals surface area contributed by atoms with Crippen LogP contribution in [0.5, 0.6) is 0 Å². The van der Waals surface area contributed by atoms with Crippen LogP contribution in [0.3, 0.4) is 0 Å². The molecule has 0 fully saturated rings. The average Bonchev–Trinajstić information content (AvgIpc) is 2.27. The van der Waals surface area contributed by atoms with Crippen molar-refractivity contribution < 1.29 is 0 Å². The molecule has 0 spiro atoms. The van der Waals surface area contributed by atoms with Crippen LogP contribution in [0.25, 0.3) is 0 Å². The molecule has 1 aliphatic heterocycles. The molecule has 1 aromatic rings. The molecule has 0 aromatic heterocycles. The van der Waals surface area contributed by atoms with Gasteiger partial charge in [-0.15, -0.1) is 0 Å². The number of amidine groups is 1. The Balaban J connectivity index is 2.18. The van der Waals surface area contributed by atoms with Crippen molar-refractivity contribution in [3.63, 3.8) is 0 Å². The van der Waals surface area contributed by atoms with E-state index < -0.39 is 0 Å². The van der Waals surface area contributed by atoms with Gasteiger partial charge in [-0.25, -0.2) is 0 Å². The van der Waals surface area contributed by atoms with Crippen LogP contribution in [0.4, 0.5) is 5.69 Å². The van der Waals surface area contributed by atoms with Crippen molar-refractivity contribution >= 4 is 22.6 Å². The van der Waals surface area contributed by atoms with Crippen LogP contribution in [-0.2, 0) is 0 Å². The molecular formula is C15H22N2S. The van der Waals surface area contributed by atoms with E-state index >= 15 is 0 Å². The standard InChI is InChI=1S/C15H22N2S/c1-5-15(4)6-7-18-14(17-15)16-13-9-11(2)8-12(3)10-13/h8-10H,5-7H2,1-4H3,(H,16,17). The monoisotopic (exact) mass is 262 g/mol. The van der Waals surface area contributed by atoms with Crippen LogP contribution in [0.15, 0.2) is 23.2 Å². The zero-order chi connectivity index (χ0) is 13.2. The van der Waals surface area contributed by atoms with Crippen LogP contribution in [0, 0.1) is 13.8 Å². The topological polar surface area (TPSA) is 24.4 Å². The Morgan fingerprint density at radius 1 is 1.28 bits per heavy atom. The lowest BCUT2D eigenvalue weighted by molar-refractivity contribution is 0.443. The van der Waals surface area contributed by atoms with Gasteiger partial charge in [-0.05, 0) is 56.9 Å². The Kier molecular flexibility index (Phi) is 4.00. The van der Waals surface area contributed by atoms with Crippen molar-refractivity contribution in [3.05, 3.63) is 29.3 Å². The summed E-state index contributed by atoms with van der Waals surface area (Å²) in [5.74, 6) is 1.15. The van der Waals surface area contributed by atoms with Gasteiger partial charge in [0.05, 0.1) is 5.54 Å². The van der Waals surface area contributed by atoms with E-state index in [9.17, 15) is 0 Å². The molecule has 0 saturated heterocycles. The first-order valence-electron chi connectivity index (χ1n) is 6.59. The molecule has 1 heterocycles. The molecule has 1 N–H and O–H groups in total. The SMILES string of the molecule is CCC1(C)CCSC(Nc2cc(C)cc(C)c2)=N1. The minimum Gasteiger partial charge on any atom is -0.335 e. The Morgan fingerprint density at radius 3 is 2.56 bits per heavy atom. The second-order valence-electron chi connectivity index (χ2n) is 5.37. The largest absolute Gasteiger partial charge is 0.335 e. The van der Waals surface area contributed by atoms with Gasteiger partial charge in [0.25, 0.3) is 0 Å². The fourth-order valence-corrected chi connectivity index (χ4v) is 3.40. The lowest BCUT2D eigenvalue weighted by Gasteiger charge is -2.29. The minimum absolute atomic E-state index is 0.118. The first-order chi connectivity index (χ1) is 8.50. The van der Waals surface area contributed by atoms with E-state index in [1.165, 1.54) is 17.5 Å².